The maximum atomic E-state index is 12.4. The molecule has 0 bridgehead atoms. The van der Waals surface area contributed by atoms with Crippen molar-refractivity contribution in [3.8, 4) is 5.75 Å². The zero-order valence-electron chi connectivity index (χ0n) is 16.0. The van der Waals surface area contributed by atoms with Crippen LogP contribution < -0.4 is 10.1 Å². The second-order valence-corrected chi connectivity index (χ2v) is 7.05. The SMILES string of the molecule is COc1ccc(CCC2CCN(C(=O)Nc3cccc([N+](=O)[O-])c3)CC2)cc1. The first-order chi connectivity index (χ1) is 13.5. The number of nitrogens with one attached hydrogen (secondary N) is 1. The van der Waals surface area contributed by atoms with E-state index in [1.807, 2.05) is 12.1 Å². The third kappa shape index (κ3) is 5.22. The molecule has 0 unspecified atom stereocenters. The van der Waals surface area contributed by atoms with Gasteiger partial charge in [0.15, 0.2) is 0 Å². The van der Waals surface area contributed by atoms with E-state index in [1.54, 1.807) is 24.1 Å². The van der Waals surface area contributed by atoms with Crippen LogP contribution in [0.2, 0.25) is 0 Å². The van der Waals surface area contributed by atoms with Crippen LogP contribution in [0.15, 0.2) is 48.5 Å². The van der Waals surface area contributed by atoms with Crippen LogP contribution in [-0.4, -0.2) is 36.1 Å². The Labute approximate surface area is 164 Å². The van der Waals surface area contributed by atoms with Gasteiger partial charge in [-0.15, -0.1) is 0 Å². The molecule has 148 valence electrons. The Morgan fingerprint density at radius 3 is 2.57 bits per heavy atom. The zero-order valence-corrected chi connectivity index (χ0v) is 16.0. The van der Waals surface area contributed by atoms with Crippen molar-refractivity contribution in [3.05, 3.63) is 64.2 Å². The molecular weight excluding hydrogens is 358 g/mol. The third-order valence-electron chi connectivity index (χ3n) is 5.21. The summed E-state index contributed by atoms with van der Waals surface area (Å²) in [6.07, 6.45) is 4.07. The smallest absolute Gasteiger partial charge is 0.321 e. The Balaban J connectivity index is 1.44. The normalized spacial score (nSPS) is 14.5. The van der Waals surface area contributed by atoms with Crippen molar-refractivity contribution in [1.29, 1.82) is 0 Å². The highest BCUT2D eigenvalue weighted by Crippen LogP contribution is 2.24. The van der Waals surface area contributed by atoms with Crippen molar-refractivity contribution < 1.29 is 14.5 Å². The van der Waals surface area contributed by atoms with E-state index in [0.717, 1.165) is 31.4 Å². The van der Waals surface area contributed by atoms with Crippen LogP contribution >= 0.6 is 0 Å². The van der Waals surface area contributed by atoms with Gasteiger partial charge in [0.05, 0.1) is 12.0 Å². The molecule has 1 N–H and O–H groups in total. The monoisotopic (exact) mass is 383 g/mol. The van der Waals surface area contributed by atoms with Crippen LogP contribution in [0.1, 0.15) is 24.8 Å². The van der Waals surface area contributed by atoms with Crippen molar-refractivity contribution >= 4 is 17.4 Å². The number of likely N-dealkylation sites (tertiary alicyclic amines) is 1. The number of anilines is 1. The number of urea groups is 1. The van der Waals surface area contributed by atoms with E-state index >= 15 is 0 Å². The first kappa shape index (κ1) is 19.7. The number of rotatable bonds is 6. The second-order valence-electron chi connectivity index (χ2n) is 7.05. The minimum Gasteiger partial charge on any atom is -0.497 e. The fourth-order valence-electron chi connectivity index (χ4n) is 3.49. The molecule has 2 aromatic carbocycles. The number of nitrogens with zero attached hydrogens (tertiary/aromatic N) is 2. The summed E-state index contributed by atoms with van der Waals surface area (Å²) < 4.78 is 5.18. The molecule has 1 aliphatic rings. The van der Waals surface area contributed by atoms with Crippen LogP contribution in [0, 0.1) is 16.0 Å². The Morgan fingerprint density at radius 1 is 1.21 bits per heavy atom. The van der Waals surface area contributed by atoms with Gasteiger partial charge in [-0.05, 0) is 55.4 Å². The van der Waals surface area contributed by atoms with Crippen molar-refractivity contribution in [2.24, 2.45) is 5.92 Å². The quantitative estimate of drug-likeness (QED) is 0.589. The molecule has 7 nitrogen and oxygen atoms in total. The van der Waals surface area contributed by atoms with Crippen molar-refractivity contribution in [2.75, 3.05) is 25.5 Å². The lowest BCUT2D eigenvalue weighted by Gasteiger charge is -2.32. The second kappa shape index (κ2) is 9.21. The number of hydrogen-bond donors (Lipinski definition) is 1. The van der Waals surface area contributed by atoms with E-state index in [-0.39, 0.29) is 11.7 Å². The van der Waals surface area contributed by atoms with Crippen molar-refractivity contribution in [3.63, 3.8) is 0 Å². The lowest BCUT2D eigenvalue weighted by molar-refractivity contribution is -0.384. The van der Waals surface area contributed by atoms with E-state index in [0.29, 0.717) is 24.7 Å². The van der Waals surface area contributed by atoms with Gasteiger partial charge in [-0.2, -0.15) is 0 Å². The summed E-state index contributed by atoms with van der Waals surface area (Å²) in [4.78, 5) is 24.6. The van der Waals surface area contributed by atoms with Crippen LogP contribution in [0.4, 0.5) is 16.2 Å². The summed E-state index contributed by atoms with van der Waals surface area (Å²) >= 11 is 0. The van der Waals surface area contributed by atoms with Gasteiger partial charge in [0.2, 0.25) is 0 Å². The first-order valence-corrected chi connectivity index (χ1v) is 9.48. The van der Waals surface area contributed by atoms with Crippen LogP contribution in [0.5, 0.6) is 5.75 Å². The summed E-state index contributed by atoms with van der Waals surface area (Å²) in [7, 11) is 1.66. The number of hydrogen-bond acceptors (Lipinski definition) is 4. The first-order valence-electron chi connectivity index (χ1n) is 9.48. The van der Waals surface area contributed by atoms with Gasteiger partial charge in [-0.1, -0.05) is 18.2 Å². The van der Waals surface area contributed by atoms with E-state index < -0.39 is 4.92 Å². The summed E-state index contributed by atoms with van der Waals surface area (Å²) in [5.41, 5.74) is 1.71. The number of methoxy groups -OCH3 is 1. The van der Waals surface area contributed by atoms with E-state index in [4.69, 9.17) is 4.74 Å². The van der Waals surface area contributed by atoms with Gasteiger partial charge in [0, 0.05) is 30.9 Å². The van der Waals surface area contributed by atoms with Crippen LogP contribution in [0.3, 0.4) is 0 Å². The minimum absolute atomic E-state index is 0.0324. The van der Waals surface area contributed by atoms with Crippen molar-refractivity contribution in [2.45, 2.75) is 25.7 Å². The number of benzene rings is 2. The van der Waals surface area contributed by atoms with Gasteiger partial charge in [0.1, 0.15) is 5.75 Å². The van der Waals surface area contributed by atoms with Gasteiger partial charge in [0.25, 0.3) is 5.69 Å². The Kier molecular flexibility index (Phi) is 6.47. The molecular formula is C21H25N3O4. The summed E-state index contributed by atoms with van der Waals surface area (Å²) in [5.74, 6) is 1.47. The molecule has 1 aliphatic heterocycles. The minimum atomic E-state index is -0.468. The fourth-order valence-corrected chi connectivity index (χ4v) is 3.49. The Morgan fingerprint density at radius 2 is 1.93 bits per heavy atom. The highest BCUT2D eigenvalue weighted by atomic mass is 16.6. The van der Waals surface area contributed by atoms with Crippen LogP contribution in [-0.2, 0) is 6.42 Å². The summed E-state index contributed by atoms with van der Waals surface area (Å²) in [6, 6.07) is 14.0. The Hall–Kier alpha value is -3.09. The number of ether oxygens (including phenoxy) is 1. The molecule has 7 heteroatoms. The number of aryl methyl sites for hydroxylation is 1. The number of carbonyl (C=O) groups is 1. The lowest BCUT2D eigenvalue weighted by Crippen LogP contribution is -2.41. The highest BCUT2D eigenvalue weighted by molar-refractivity contribution is 5.89. The maximum absolute atomic E-state index is 12.4. The van der Waals surface area contributed by atoms with Gasteiger partial charge >= 0.3 is 6.03 Å². The number of carbonyl (C=O) groups excluding carboxylic acids is 1. The topological polar surface area (TPSA) is 84.7 Å². The molecule has 0 aliphatic carbocycles. The summed E-state index contributed by atoms with van der Waals surface area (Å²) in [5, 5.41) is 13.6. The third-order valence-corrected chi connectivity index (χ3v) is 5.21. The molecule has 0 aromatic heterocycles. The van der Waals surface area contributed by atoms with Gasteiger partial charge < -0.3 is 15.0 Å². The number of amides is 2. The number of nitro groups is 1. The largest absolute Gasteiger partial charge is 0.497 e. The highest BCUT2D eigenvalue weighted by Gasteiger charge is 2.23. The number of nitro benzene ring substituents is 1. The lowest BCUT2D eigenvalue weighted by atomic mass is 9.90. The van der Waals surface area contributed by atoms with Crippen LogP contribution in [0.25, 0.3) is 0 Å². The Bertz CT molecular complexity index is 815. The molecule has 2 aromatic rings. The fraction of sp³-hybridized carbons (Fsp3) is 0.381. The average Bonchev–Trinajstić information content (AvgIpc) is 2.73. The predicted molar refractivity (Wildman–Crippen MR) is 108 cm³/mol. The molecule has 2 amide bonds. The average molecular weight is 383 g/mol. The van der Waals surface area contributed by atoms with E-state index in [2.05, 4.69) is 17.4 Å². The molecule has 0 spiro atoms. The van der Waals surface area contributed by atoms with Gasteiger partial charge in [-0.25, -0.2) is 4.79 Å². The number of piperidine rings is 1. The van der Waals surface area contributed by atoms with E-state index in [1.165, 1.54) is 17.7 Å². The van der Waals surface area contributed by atoms with E-state index in [9.17, 15) is 14.9 Å². The molecule has 1 saturated heterocycles. The summed E-state index contributed by atoms with van der Waals surface area (Å²) in [6.45, 7) is 1.40. The standard InChI is InChI=1S/C21H25N3O4/c1-28-20-9-7-16(8-10-20)5-6-17-11-13-23(14-12-17)21(25)22-18-3-2-4-19(15-18)24(26)27/h2-4,7-10,15,17H,5-6,11-14H2,1H3,(H,22,25). The molecule has 0 saturated carbocycles. The molecule has 0 atom stereocenters. The molecule has 0 radical (unpaired) electrons. The van der Waals surface area contributed by atoms with Gasteiger partial charge in [-0.3, -0.25) is 10.1 Å². The molecule has 1 fully saturated rings. The predicted octanol–water partition coefficient (Wildman–Crippen LogP) is 4.48. The van der Waals surface area contributed by atoms with Crippen molar-refractivity contribution in [1.82, 2.24) is 4.90 Å². The molecule has 1 heterocycles. The molecule has 3 rings (SSSR count). The molecule has 28 heavy (non-hydrogen) atoms. The number of non-ortho nitro benzene ring substituents is 1. The maximum Gasteiger partial charge on any atom is 0.321 e. The zero-order chi connectivity index (χ0) is 19.9.